The van der Waals surface area contributed by atoms with E-state index in [0.29, 0.717) is 14.8 Å². The summed E-state index contributed by atoms with van der Waals surface area (Å²) < 4.78 is 0.462. The minimum absolute atomic E-state index is 0.127. The van der Waals surface area contributed by atoms with Gasteiger partial charge in [0.05, 0.1) is 20.6 Å². The highest BCUT2D eigenvalue weighted by Crippen LogP contribution is 2.38. The molecular formula is C16H9Cl2NO2S2. The van der Waals surface area contributed by atoms with Gasteiger partial charge in [0.15, 0.2) is 10.1 Å². The van der Waals surface area contributed by atoms with Crippen LogP contribution in [0, 0.1) is 0 Å². The van der Waals surface area contributed by atoms with E-state index < -0.39 is 0 Å². The summed E-state index contributed by atoms with van der Waals surface area (Å²) in [5, 5.41) is 9.84. The highest BCUT2D eigenvalue weighted by molar-refractivity contribution is 8.27. The van der Waals surface area contributed by atoms with Gasteiger partial charge in [0.25, 0.3) is 5.91 Å². The van der Waals surface area contributed by atoms with Crippen molar-refractivity contribution >= 4 is 69.2 Å². The van der Waals surface area contributed by atoms with Crippen LogP contribution in [0.3, 0.4) is 0 Å². The quantitative estimate of drug-likeness (QED) is 0.579. The molecule has 1 saturated heterocycles. The minimum atomic E-state index is -0.202. The van der Waals surface area contributed by atoms with Gasteiger partial charge < -0.3 is 5.11 Å². The molecule has 1 heterocycles. The second-order valence-corrected chi connectivity index (χ2v) is 7.18. The number of phenolic OH excluding ortho intramolecular Hbond substituents is 1. The number of hydrogen-bond donors (Lipinski definition) is 1. The lowest BCUT2D eigenvalue weighted by Crippen LogP contribution is -2.27. The van der Waals surface area contributed by atoms with E-state index in [1.54, 1.807) is 6.08 Å². The molecule has 0 spiro atoms. The molecule has 1 N–H and O–H groups in total. The van der Waals surface area contributed by atoms with E-state index in [4.69, 9.17) is 35.4 Å². The SMILES string of the molecule is O=C1/C(=C/c2cc(Cl)c(O)c(Cl)c2)SC(=S)N1c1ccccc1. The van der Waals surface area contributed by atoms with Crippen LogP contribution in [0.25, 0.3) is 6.08 Å². The first-order chi connectivity index (χ1) is 11.0. The third-order valence-corrected chi connectivity index (χ3v) is 5.02. The molecule has 0 aliphatic carbocycles. The Morgan fingerprint density at radius 3 is 2.35 bits per heavy atom. The molecule has 1 amide bonds. The number of hydrogen-bond acceptors (Lipinski definition) is 4. The van der Waals surface area contributed by atoms with E-state index >= 15 is 0 Å². The number of anilines is 1. The summed E-state index contributed by atoms with van der Waals surface area (Å²) in [4.78, 5) is 14.5. The lowest BCUT2D eigenvalue weighted by atomic mass is 10.2. The number of para-hydroxylation sites is 1. The van der Waals surface area contributed by atoms with Gasteiger partial charge in [-0.05, 0) is 35.9 Å². The van der Waals surface area contributed by atoms with Crippen LogP contribution in [0.5, 0.6) is 5.75 Å². The van der Waals surface area contributed by atoms with Crippen molar-refractivity contribution in [1.29, 1.82) is 0 Å². The Labute approximate surface area is 152 Å². The zero-order chi connectivity index (χ0) is 16.6. The van der Waals surface area contributed by atoms with Crippen LogP contribution in [-0.4, -0.2) is 15.3 Å². The number of phenols is 1. The van der Waals surface area contributed by atoms with E-state index in [1.807, 2.05) is 30.3 Å². The van der Waals surface area contributed by atoms with E-state index in [9.17, 15) is 9.90 Å². The average molecular weight is 382 g/mol. The molecule has 0 aromatic heterocycles. The molecule has 7 heteroatoms. The summed E-state index contributed by atoms with van der Waals surface area (Å²) in [5.41, 5.74) is 1.34. The summed E-state index contributed by atoms with van der Waals surface area (Å²) in [6.07, 6.45) is 1.65. The van der Waals surface area contributed by atoms with E-state index in [0.717, 1.165) is 5.69 Å². The van der Waals surface area contributed by atoms with E-state index in [1.165, 1.54) is 28.8 Å². The summed E-state index contributed by atoms with van der Waals surface area (Å²) >= 11 is 18.3. The number of thiocarbonyl (C=S) groups is 1. The van der Waals surface area contributed by atoms with Crippen molar-refractivity contribution in [2.75, 3.05) is 4.90 Å². The molecule has 0 radical (unpaired) electrons. The van der Waals surface area contributed by atoms with Crippen LogP contribution in [-0.2, 0) is 4.79 Å². The van der Waals surface area contributed by atoms with E-state index in [2.05, 4.69) is 0 Å². The van der Waals surface area contributed by atoms with Gasteiger partial charge in [-0.15, -0.1) is 0 Å². The fourth-order valence-electron chi connectivity index (χ4n) is 2.09. The lowest BCUT2D eigenvalue weighted by Gasteiger charge is -2.13. The van der Waals surface area contributed by atoms with Crippen LogP contribution in [0.2, 0.25) is 10.0 Å². The van der Waals surface area contributed by atoms with Crippen molar-refractivity contribution in [3.05, 3.63) is 63.0 Å². The van der Waals surface area contributed by atoms with Gasteiger partial charge in [-0.3, -0.25) is 9.69 Å². The van der Waals surface area contributed by atoms with Crippen molar-refractivity contribution in [2.45, 2.75) is 0 Å². The summed E-state index contributed by atoms with van der Waals surface area (Å²) in [7, 11) is 0. The molecule has 3 nitrogen and oxygen atoms in total. The van der Waals surface area contributed by atoms with Gasteiger partial charge in [0.1, 0.15) is 0 Å². The fraction of sp³-hybridized carbons (Fsp3) is 0. The Kier molecular flexibility index (Phi) is 4.64. The number of thioether (sulfide) groups is 1. The zero-order valence-corrected chi connectivity index (χ0v) is 14.6. The summed E-state index contributed by atoms with van der Waals surface area (Å²) in [6.45, 7) is 0. The Bertz CT molecular complexity index is 814. The first-order valence-electron chi connectivity index (χ1n) is 6.48. The Hall–Kier alpha value is -1.53. The number of aromatic hydroxyl groups is 1. The third-order valence-electron chi connectivity index (χ3n) is 3.15. The molecule has 1 fully saturated rings. The van der Waals surface area contributed by atoms with Crippen molar-refractivity contribution in [2.24, 2.45) is 0 Å². The number of nitrogens with zero attached hydrogens (tertiary/aromatic N) is 1. The van der Waals surface area contributed by atoms with Crippen LogP contribution >= 0.6 is 47.2 Å². The van der Waals surface area contributed by atoms with Crippen LogP contribution in [0.1, 0.15) is 5.56 Å². The van der Waals surface area contributed by atoms with E-state index in [-0.39, 0.29) is 21.7 Å². The molecule has 1 aliphatic rings. The maximum absolute atomic E-state index is 12.6. The molecule has 2 aromatic carbocycles. The van der Waals surface area contributed by atoms with Crippen molar-refractivity contribution in [1.82, 2.24) is 0 Å². The largest absolute Gasteiger partial charge is 0.505 e. The number of rotatable bonds is 2. The van der Waals surface area contributed by atoms with Crippen molar-refractivity contribution < 1.29 is 9.90 Å². The molecule has 23 heavy (non-hydrogen) atoms. The fourth-order valence-corrected chi connectivity index (χ4v) is 3.89. The van der Waals surface area contributed by atoms with Gasteiger partial charge in [-0.25, -0.2) is 0 Å². The normalized spacial score (nSPS) is 16.4. The molecule has 0 saturated carbocycles. The Morgan fingerprint density at radius 2 is 1.74 bits per heavy atom. The number of amides is 1. The monoisotopic (exact) mass is 381 g/mol. The Balaban J connectivity index is 1.96. The molecule has 3 rings (SSSR count). The smallest absolute Gasteiger partial charge is 0.270 e. The predicted molar refractivity (Wildman–Crippen MR) is 100 cm³/mol. The number of carbonyl (C=O) groups excluding carboxylic acids is 1. The summed E-state index contributed by atoms with van der Waals surface area (Å²) in [5.74, 6) is -0.381. The second kappa shape index (κ2) is 6.53. The molecule has 0 unspecified atom stereocenters. The molecular weight excluding hydrogens is 373 g/mol. The number of halogens is 2. The van der Waals surface area contributed by atoms with Crippen LogP contribution in [0.15, 0.2) is 47.4 Å². The minimum Gasteiger partial charge on any atom is -0.505 e. The van der Waals surface area contributed by atoms with Crippen molar-refractivity contribution in [3.63, 3.8) is 0 Å². The molecule has 1 aliphatic heterocycles. The van der Waals surface area contributed by atoms with Gasteiger partial charge >= 0.3 is 0 Å². The van der Waals surface area contributed by atoms with Gasteiger partial charge in [0.2, 0.25) is 0 Å². The first kappa shape index (κ1) is 16.3. The average Bonchev–Trinajstić information content (AvgIpc) is 2.80. The highest BCUT2D eigenvalue weighted by atomic mass is 35.5. The maximum atomic E-state index is 12.6. The standard InChI is InChI=1S/C16H9Cl2NO2S2/c17-11-6-9(7-12(18)14(11)20)8-13-15(21)19(16(22)23-13)10-4-2-1-3-5-10/h1-8,20H/b13-8-. The maximum Gasteiger partial charge on any atom is 0.270 e. The second-order valence-electron chi connectivity index (χ2n) is 4.69. The zero-order valence-electron chi connectivity index (χ0n) is 11.5. The predicted octanol–water partition coefficient (Wildman–Crippen LogP) is 5.10. The molecule has 116 valence electrons. The molecule has 2 aromatic rings. The van der Waals surface area contributed by atoms with Gasteiger partial charge in [-0.1, -0.05) is 65.4 Å². The molecule has 0 bridgehead atoms. The van der Waals surface area contributed by atoms with Crippen molar-refractivity contribution in [3.8, 4) is 5.75 Å². The number of benzene rings is 2. The highest BCUT2D eigenvalue weighted by Gasteiger charge is 2.33. The van der Waals surface area contributed by atoms with Gasteiger partial charge in [0, 0.05) is 0 Å². The van der Waals surface area contributed by atoms with Crippen LogP contribution in [0.4, 0.5) is 5.69 Å². The number of carbonyl (C=O) groups is 1. The lowest BCUT2D eigenvalue weighted by molar-refractivity contribution is -0.113. The Morgan fingerprint density at radius 1 is 1.13 bits per heavy atom. The van der Waals surface area contributed by atoms with Crippen LogP contribution < -0.4 is 4.90 Å². The van der Waals surface area contributed by atoms with Gasteiger partial charge in [-0.2, -0.15) is 0 Å². The topological polar surface area (TPSA) is 40.5 Å². The first-order valence-corrected chi connectivity index (χ1v) is 8.46. The molecule has 0 atom stereocenters. The third kappa shape index (κ3) is 3.23. The summed E-state index contributed by atoms with van der Waals surface area (Å²) in [6, 6.07) is 12.3.